The zero-order valence-corrected chi connectivity index (χ0v) is 45.8. The van der Waals surface area contributed by atoms with Crippen LogP contribution in [-0.2, 0) is 3.45 Å². The summed E-state index contributed by atoms with van der Waals surface area (Å²) in [6.07, 6.45) is 0. The molecule has 2 unspecified atom stereocenters. The van der Waals surface area contributed by atoms with Gasteiger partial charge in [-0.3, -0.25) is 0 Å². The first kappa shape index (κ1) is 44.6. The van der Waals surface area contributed by atoms with E-state index in [0.29, 0.717) is 27.3 Å². The van der Waals surface area contributed by atoms with Gasteiger partial charge in [-0.25, -0.2) is 0 Å². The first-order valence-electron chi connectivity index (χ1n) is 20.1. The second-order valence-corrected chi connectivity index (χ2v) is 64.7. The van der Waals surface area contributed by atoms with Crippen molar-refractivity contribution in [3.05, 3.63) is 57.6 Å². The number of benzene rings is 2. The van der Waals surface area contributed by atoms with Crippen LogP contribution in [0.15, 0.2) is 24.3 Å². The third-order valence-electron chi connectivity index (χ3n) is 11.3. The van der Waals surface area contributed by atoms with Gasteiger partial charge in [-0.2, -0.15) is 0 Å². The Hall–Kier alpha value is 0.244. The molecule has 0 aromatic heterocycles. The van der Waals surface area contributed by atoms with Crippen molar-refractivity contribution >= 4 is 71.1 Å². The summed E-state index contributed by atoms with van der Waals surface area (Å²) >= 11 is -3.55. The Bertz CT molecular complexity index is 1480. The fourth-order valence-corrected chi connectivity index (χ4v) is 67.8. The zero-order chi connectivity index (χ0) is 39.1. The molecule has 0 spiro atoms. The topological polar surface area (TPSA) is 9.23 Å². The Labute approximate surface area is 321 Å². The summed E-state index contributed by atoms with van der Waals surface area (Å²) in [5.74, 6) is 1.45. The van der Waals surface area contributed by atoms with Crippen molar-refractivity contribution < 1.29 is 3.45 Å². The first-order chi connectivity index (χ1) is 22.1. The van der Waals surface area contributed by atoms with Gasteiger partial charge in [0.1, 0.15) is 0 Å². The molecule has 284 valence electrons. The van der Waals surface area contributed by atoms with E-state index in [2.05, 4.69) is 184 Å². The van der Waals surface area contributed by atoms with Crippen LogP contribution in [0.25, 0.3) is 0 Å². The fraction of sp³-hybridized carbons (Fsp3) is 0.714. The molecule has 2 aromatic carbocycles. The average molecular weight is 844 g/mol. The Morgan fingerprint density at radius 2 is 0.840 bits per heavy atom. The molecule has 1 nitrogen and oxygen atoms in total. The van der Waals surface area contributed by atoms with E-state index >= 15 is 0 Å². The van der Waals surface area contributed by atoms with Gasteiger partial charge in [-0.15, -0.1) is 0 Å². The molecule has 0 amide bonds. The van der Waals surface area contributed by atoms with Crippen LogP contribution >= 0.6 is 0 Å². The minimum absolute atomic E-state index is 0.468. The van der Waals surface area contributed by atoms with Gasteiger partial charge in [-0.1, -0.05) is 0 Å². The summed E-state index contributed by atoms with van der Waals surface area (Å²) in [6.45, 7) is 62.5. The van der Waals surface area contributed by atoms with Crippen LogP contribution in [0.1, 0.15) is 107 Å². The van der Waals surface area contributed by atoms with E-state index in [0.717, 1.165) is 5.16 Å². The second-order valence-electron chi connectivity index (χ2n) is 23.7. The van der Waals surface area contributed by atoms with E-state index < -0.39 is 62.3 Å². The van der Waals surface area contributed by atoms with Gasteiger partial charge < -0.3 is 0 Å². The summed E-state index contributed by atoms with van der Waals surface area (Å²) < 4.78 is 12.5. The summed E-state index contributed by atoms with van der Waals surface area (Å²) in [7, 11) is -10.1. The van der Waals surface area contributed by atoms with E-state index in [4.69, 9.17) is 3.45 Å². The molecule has 0 fully saturated rings. The Morgan fingerprint density at radius 1 is 0.460 bits per heavy atom. The van der Waals surface area contributed by atoms with Crippen molar-refractivity contribution in [3.63, 3.8) is 0 Å². The van der Waals surface area contributed by atoms with Crippen molar-refractivity contribution in [1.82, 2.24) is 0 Å². The molecule has 0 radical (unpaired) electrons. The molecule has 1 aliphatic rings. The molecule has 50 heavy (non-hydrogen) atoms. The van der Waals surface area contributed by atoms with Gasteiger partial charge in [-0.05, 0) is 0 Å². The fourth-order valence-electron chi connectivity index (χ4n) is 11.0. The summed E-state index contributed by atoms with van der Waals surface area (Å²) in [6, 6.07) is 11.1. The van der Waals surface area contributed by atoms with Gasteiger partial charge in [0.2, 0.25) is 0 Å². The molecule has 8 heteroatoms. The van der Waals surface area contributed by atoms with Crippen molar-refractivity contribution in [3.8, 4) is 0 Å². The summed E-state index contributed by atoms with van der Waals surface area (Å²) in [5, 5.41) is 1.44. The normalized spacial score (nSPS) is 19.7. The van der Waals surface area contributed by atoms with Crippen LogP contribution in [-0.4, -0.2) is 62.3 Å². The number of hydrogen-bond donors (Lipinski definition) is 0. The van der Waals surface area contributed by atoms with Crippen molar-refractivity contribution in [2.24, 2.45) is 0 Å². The predicted molar refractivity (Wildman–Crippen MR) is 250 cm³/mol. The molecule has 0 aliphatic carbocycles. The Kier molecular flexibility index (Phi) is 12.8. The second kappa shape index (κ2) is 14.4. The van der Waals surface area contributed by atoms with Gasteiger partial charge in [0.15, 0.2) is 0 Å². The van der Waals surface area contributed by atoms with Crippen LogP contribution in [0.3, 0.4) is 0 Å². The molecular formula is C42H82GeOSi6. The summed E-state index contributed by atoms with van der Waals surface area (Å²) in [5.41, 5.74) is 10.1. The Balaban J connectivity index is 2.86. The van der Waals surface area contributed by atoms with Gasteiger partial charge in [0.25, 0.3) is 0 Å². The van der Waals surface area contributed by atoms with Crippen LogP contribution in [0.5, 0.6) is 0 Å². The average Bonchev–Trinajstić information content (AvgIpc) is 2.81. The molecule has 3 rings (SSSR count). The third-order valence-corrected chi connectivity index (χ3v) is 54.2. The van der Waals surface area contributed by atoms with Crippen molar-refractivity contribution in [1.29, 1.82) is 0 Å². The molecule has 0 saturated carbocycles. The minimum atomic E-state index is -3.55. The quantitative estimate of drug-likeness (QED) is 0.183. The SMILES string of the molecule is CC(C)c1cc(C(C)C)[c]([Ge]2([O][Si](C)(C)C)[c]3c(C([Si](C)(C)C)[Si](C)(C)C)cc(C([Si](C)(C)C)[Si](C)(C)C)cc3[CH]2[Si](C)(C)C)c(C(C)C)c1. The molecule has 0 bridgehead atoms. The van der Waals surface area contributed by atoms with Crippen LogP contribution in [0.4, 0.5) is 0 Å². The van der Waals surface area contributed by atoms with E-state index in [-0.39, 0.29) is 0 Å². The predicted octanol–water partition coefficient (Wildman–Crippen LogP) is 13.2. The number of hydrogen-bond acceptors (Lipinski definition) is 1. The molecule has 0 saturated heterocycles. The van der Waals surface area contributed by atoms with Gasteiger partial charge >= 0.3 is 324 Å². The first-order valence-corrected chi connectivity index (χ1v) is 45.6. The monoisotopic (exact) mass is 844 g/mol. The molecule has 2 atom stereocenters. The molecule has 0 N–H and O–H groups in total. The van der Waals surface area contributed by atoms with Crippen LogP contribution < -0.4 is 8.79 Å². The van der Waals surface area contributed by atoms with Crippen LogP contribution in [0, 0.1) is 0 Å². The summed E-state index contributed by atoms with van der Waals surface area (Å²) in [4.78, 5) is 0. The zero-order valence-electron chi connectivity index (χ0n) is 37.7. The Morgan fingerprint density at radius 3 is 1.14 bits per heavy atom. The molecular weight excluding hydrogens is 762 g/mol. The maximum atomic E-state index is 8.36. The van der Waals surface area contributed by atoms with Crippen molar-refractivity contribution in [2.75, 3.05) is 0 Å². The standard InChI is InChI=1S/C42H82GeOSi6/c1-29(2)32-25-34(30(3)4)38(35(26-32)31(5)6)43(44-50(22,23)24)39-36(40(43)45(7,8)9)27-33(41(46(10,11)12)47(13,14)15)28-37(39)42(48(16,17)18)49(19,20)21/h25-31,40-42H,1-24H3. The van der Waals surface area contributed by atoms with E-state index in [1.54, 1.807) is 26.6 Å². The number of rotatable bonds is 13. The molecule has 1 aliphatic heterocycles. The molecule has 2 aromatic rings. The van der Waals surface area contributed by atoms with Crippen molar-refractivity contribution in [2.45, 2.75) is 192 Å². The number of fused-ring (bicyclic) bond motifs is 1. The van der Waals surface area contributed by atoms with Crippen LogP contribution in [0.2, 0.25) is 118 Å². The van der Waals surface area contributed by atoms with E-state index in [1.807, 2.05) is 9.96 Å². The third kappa shape index (κ3) is 8.86. The van der Waals surface area contributed by atoms with E-state index in [1.165, 1.54) is 5.56 Å². The maximum absolute atomic E-state index is 8.36. The van der Waals surface area contributed by atoms with Gasteiger partial charge in [0, 0.05) is 0 Å². The van der Waals surface area contributed by atoms with Gasteiger partial charge in [0.05, 0.1) is 0 Å². The molecule has 1 heterocycles. The van der Waals surface area contributed by atoms with E-state index in [9.17, 15) is 0 Å².